The second-order valence-corrected chi connectivity index (χ2v) is 6.90. The lowest BCUT2D eigenvalue weighted by atomic mass is 9.77. The SMILES string of the molecule is CN(C)[C@]1(c2ccccc2)CCN(c2nc(N)nc3nc[nH]c23)C[C@H]1O. The number of fused-ring (bicyclic) bond motifs is 1. The van der Waals surface area contributed by atoms with Crippen molar-refractivity contribution in [3.63, 3.8) is 0 Å². The maximum atomic E-state index is 11.2. The predicted molar refractivity (Wildman–Crippen MR) is 101 cm³/mol. The number of H-pyrrole nitrogens is 1. The number of likely N-dealkylation sites (N-methyl/N-ethyl adjacent to an activating group) is 1. The number of anilines is 2. The highest BCUT2D eigenvalue weighted by Crippen LogP contribution is 2.39. The van der Waals surface area contributed by atoms with E-state index in [1.807, 2.05) is 37.2 Å². The number of hydrogen-bond donors (Lipinski definition) is 3. The molecule has 1 saturated heterocycles. The first kappa shape index (κ1) is 16.7. The summed E-state index contributed by atoms with van der Waals surface area (Å²) < 4.78 is 0. The van der Waals surface area contributed by atoms with Crippen molar-refractivity contribution in [1.82, 2.24) is 24.8 Å². The predicted octanol–water partition coefficient (Wildman–Crippen LogP) is 0.963. The molecule has 0 unspecified atom stereocenters. The summed E-state index contributed by atoms with van der Waals surface area (Å²) in [7, 11) is 4.03. The van der Waals surface area contributed by atoms with Crippen LogP contribution < -0.4 is 10.6 Å². The summed E-state index contributed by atoms with van der Waals surface area (Å²) in [6.07, 6.45) is 1.74. The minimum Gasteiger partial charge on any atom is -0.389 e. The van der Waals surface area contributed by atoms with Crippen molar-refractivity contribution in [3.8, 4) is 0 Å². The van der Waals surface area contributed by atoms with Gasteiger partial charge in [0.1, 0.15) is 5.52 Å². The molecular weight excluding hydrogens is 330 g/mol. The number of β-amino-alcohol motifs (C(OH)–C–C–N with tert-alkyl or cyclic N) is 1. The second kappa shape index (κ2) is 6.22. The monoisotopic (exact) mass is 353 g/mol. The van der Waals surface area contributed by atoms with E-state index in [2.05, 4.69) is 37.0 Å². The highest BCUT2D eigenvalue weighted by atomic mass is 16.3. The fraction of sp³-hybridized carbons (Fsp3) is 0.389. The Balaban J connectivity index is 1.70. The molecule has 2 atom stereocenters. The molecule has 136 valence electrons. The normalized spacial score (nSPS) is 23.7. The van der Waals surface area contributed by atoms with E-state index in [0.29, 0.717) is 18.0 Å². The largest absolute Gasteiger partial charge is 0.389 e. The van der Waals surface area contributed by atoms with Gasteiger partial charge in [-0.2, -0.15) is 9.97 Å². The Bertz CT molecular complexity index is 910. The van der Waals surface area contributed by atoms with Gasteiger partial charge in [-0.3, -0.25) is 4.90 Å². The molecule has 3 heterocycles. The van der Waals surface area contributed by atoms with Crippen LogP contribution in [0.4, 0.5) is 11.8 Å². The molecule has 0 amide bonds. The average molecular weight is 353 g/mol. The number of hydrogen-bond acceptors (Lipinski definition) is 7. The van der Waals surface area contributed by atoms with E-state index in [1.165, 1.54) is 0 Å². The molecule has 4 N–H and O–H groups in total. The van der Waals surface area contributed by atoms with E-state index in [9.17, 15) is 5.11 Å². The lowest BCUT2D eigenvalue weighted by molar-refractivity contribution is -0.0246. The van der Waals surface area contributed by atoms with E-state index in [0.717, 1.165) is 24.0 Å². The maximum absolute atomic E-state index is 11.2. The van der Waals surface area contributed by atoms with Gasteiger partial charge < -0.3 is 20.7 Å². The van der Waals surface area contributed by atoms with Gasteiger partial charge in [0.25, 0.3) is 0 Å². The number of aromatic amines is 1. The van der Waals surface area contributed by atoms with Crippen LogP contribution in [0.3, 0.4) is 0 Å². The highest BCUT2D eigenvalue weighted by Gasteiger charge is 2.46. The molecule has 3 aromatic rings. The number of aliphatic hydroxyl groups excluding tert-OH is 1. The molecular formula is C18H23N7O. The van der Waals surface area contributed by atoms with E-state index in [-0.39, 0.29) is 5.95 Å². The topological polar surface area (TPSA) is 107 Å². The van der Waals surface area contributed by atoms with Crippen molar-refractivity contribution in [2.75, 3.05) is 37.8 Å². The van der Waals surface area contributed by atoms with Gasteiger partial charge in [0.15, 0.2) is 11.5 Å². The van der Waals surface area contributed by atoms with E-state index in [4.69, 9.17) is 5.73 Å². The number of imidazole rings is 1. The quantitative estimate of drug-likeness (QED) is 0.644. The Labute approximate surface area is 151 Å². The van der Waals surface area contributed by atoms with Gasteiger partial charge >= 0.3 is 0 Å². The lowest BCUT2D eigenvalue weighted by Crippen LogP contribution is -2.60. The molecule has 0 aliphatic carbocycles. The van der Waals surface area contributed by atoms with E-state index >= 15 is 0 Å². The molecule has 26 heavy (non-hydrogen) atoms. The molecule has 0 spiro atoms. The minimum atomic E-state index is -0.595. The zero-order valence-electron chi connectivity index (χ0n) is 14.9. The second-order valence-electron chi connectivity index (χ2n) is 6.90. The van der Waals surface area contributed by atoms with Gasteiger partial charge in [-0.25, -0.2) is 4.98 Å². The number of nitrogens with one attached hydrogen (secondary N) is 1. The van der Waals surface area contributed by atoms with Gasteiger partial charge in [-0.15, -0.1) is 0 Å². The van der Waals surface area contributed by atoms with Crippen molar-refractivity contribution >= 4 is 22.9 Å². The number of nitrogens with two attached hydrogens (primary N) is 1. The summed E-state index contributed by atoms with van der Waals surface area (Å²) in [6.45, 7) is 1.17. The minimum absolute atomic E-state index is 0.182. The number of rotatable bonds is 3. The van der Waals surface area contributed by atoms with E-state index in [1.54, 1.807) is 6.33 Å². The third-order valence-electron chi connectivity index (χ3n) is 5.36. The van der Waals surface area contributed by atoms with Crippen LogP contribution in [-0.4, -0.2) is 63.2 Å². The van der Waals surface area contributed by atoms with Gasteiger partial charge in [0, 0.05) is 13.1 Å². The Kier molecular flexibility index (Phi) is 4.01. The number of benzene rings is 1. The summed E-state index contributed by atoms with van der Waals surface area (Å²) in [6, 6.07) is 10.2. The molecule has 1 aliphatic rings. The van der Waals surface area contributed by atoms with Crippen LogP contribution in [0.25, 0.3) is 11.2 Å². The van der Waals surface area contributed by atoms with Crippen molar-refractivity contribution in [3.05, 3.63) is 42.2 Å². The Morgan fingerprint density at radius 3 is 2.73 bits per heavy atom. The average Bonchev–Trinajstić information content (AvgIpc) is 3.09. The standard InChI is InChI=1S/C18H23N7O/c1-24(2)18(12-6-4-3-5-7-12)8-9-25(10-13(18)26)16-14-15(21-11-20-14)22-17(19)23-16/h3-7,11,13,26H,8-10H2,1-2H3,(H3,19,20,21,22,23)/t13-,18+/m1/s1. The van der Waals surface area contributed by atoms with Crippen LogP contribution in [0.1, 0.15) is 12.0 Å². The fourth-order valence-electron chi connectivity index (χ4n) is 4.02. The molecule has 1 fully saturated rings. The van der Waals surface area contributed by atoms with Crippen molar-refractivity contribution < 1.29 is 5.11 Å². The first-order valence-corrected chi connectivity index (χ1v) is 8.65. The first-order chi connectivity index (χ1) is 12.5. The molecule has 4 rings (SSSR count). The molecule has 8 heteroatoms. The molecule has 1 aliphatic heterocycles. The molecule has 8 nitrogen and oxygen atoms in total. The zero-order chi connectivity index (χ0) is 18.3. The van der Waals surface area contributed by atoms with Gasteiger partial charge in [-0.05, 0) is 26.1 Å². The first-order valence-electron chi connectivity index (χ1n) is 8.65. The van der Waals surface area contributed by atoms with Crippen molar-refractivity contribution in [1.29, 1.82) is 0 Å². The number of nitrogen functional groups attached to an aromatic ring is 1. The molecule has 0 radical (unpaired) electrons. The summed E-state index contributed by atoms with van der Waals surface area (Å²) in [5, 5.41) is 11.2. The number of piperidine rings is 1. The van der Waals surface area contributed by atoms with Crippen LogP contribution in [0.5, 0.6) is 0 Å². The summed E-state index contributed by atoms with van der Waals surface area (Å²) in [5.41, 5.74) is 7.80. The number of aliphatic hydroxyl groups is 1. The van der Waals surface area contributed by atoms with Gasteiger partial charge in [0.05, 0.1) is 18.0 Å². The third-order valence-corrected chi connectivity index (χ3v) is 5.36. The highest BCUT2D eigenvalue weighted by molar-refractivity contribution is 5.84. The number of aromatic nitrogens is 4. The Morgan fingerprint density at radius 2 is 2.04 bits per heavy atom. The third kappa shape index (κ3) is 2.49. The maximum Gasteiger partial charge on any atom is 0.224 e. The van der Waals surface area contributed by atoms with Crippen LogP contribution in [0, 0.1) is 0 Å². The summed E-state index contributed by atoms with van der Waals surface area (Å²) >= 11 is 0. The van der Waals surface area contributed by atoms with Gasteiger partial charge in [0.2, 0.25) is 5.95 Å². The fourth-order valence-corrected chi connectivity index (χ4v) is 4.02. The zero-order valence-corrected chi connectivity index (χ0v) is 14.9. The van der Waals surface area contributed by atoms with Crippen LogP contribution in [-0.2, 0) is 5.54 Å². The Morgan fingerprint density at radius 1 is 1.27 bits per heavy atom. The lowest BCUT2D eigenvalue weighted by Gasteiger charge is -2.50. The van der Waals surface area contributed by atoms with Crippen LogP contribution in [0.15, 0.2) is 36.7 Å². The van der Waals surface area contributed by atoms with E-state index < -0.39 is 11.6 Å². The van der Waals surface area contributed by atoms with Crippen LogP contribution in [0.2, 0.25) is 0 Å². The summed E-state index contributed by atoms with van der Waals surface area (Å²) in [4.78, 5) is 20.0. The van der Waals surface area contributed by atoms with Crippen LogP contribution >= 0.6 is 0 Å². The smallest absolute Gasteiger partial charge is 0.224 e. The number of nitrogens with zero attached hydrogens (tertiary/aromatic N) is 5. The van der Waals surface area contributed by atoms with Crippen molar-refractivity contribution in [2.45, 2.75) is 18.1 Å². The Hall–Kier alpha value is -2.71. The molecule has 1 aromatic carbocycles. The molecule has 2 aromatic heterocycles. The summed E-state index contributed by atoms with van der Waals surface area (Å²) in [5.74, 6) is 0.867. The van der Waals surface area contributed by atoms with Gasteiger partial charge in [-0.1, -0.05) is 30.3 Å². The molecule has 0 saturated carbocycles. The molecule has 0 bridgehead atoms. The van der Waals surface area contributed by atoms with Crippen molar-refractivity contribution in [2.24, 2.45) is 0 Å².